The number of nitriles is 2. The van der Waals surface area contributed by atoms with E-state index in [9.17, 15) is 10.5 Å². The number of fused-ring (bicyclic) bond motifs is 6. The minimum Gasteiger partial charge on any atom is -0.310 e. The second-order valence-electron chi connectivity index (χ2n) is 12.3. The van der Waals surface area contributed by atoms with Crippen molar-refractivity contribution in [1.29, 1.82) is 10.5 Å². The van der Waals surface area contributed by atoms with E-state index in [2.05, 4.69) is 123 Å². The minimum absolute atomic E-state index is 0.517. The first-order valence-electron chi connectivity index (χ1n) is 16.3. The summed E-state index contributed by atoms with van der Waals surface area (Å²) in [6.45, 7) is 7.78. The van der Waals surface area contributed by atoms with Gasteiger partial charge in [0.15, 0.2) is 5.69 Å². The maximum absolute atomic E-state index is 10.0. The first kappa shape index (κ1) is 28.8. The van der Waals surface area contributed by atoms with Gasteiger partial charge in [0.1, 0.15) is 0 Å². The average molecular weight is 636 g/mol. The Hall–Kier alpha value is -7.39. The van der Waals surface area contributed by atoms with Gasteiger partial charge in [-0.3, -0.25) is 0 Å². The van der Waals surface area contributed by atoms with Gasteiger partial charge < -0.3 is 9.13 Å². The molecule has 0 bridgehead atoms. The predicted molar refractivity (Wildman–Crippen MR) is 202 cm³/mol. The van der Waals surface area contributed by atoms with Crippen LogP contribution in [0.1, 0.15) is 11.1 Å². The molecule has 0 saturated carbocycles. The van der Waals surface area contributed by atoms with Gasteiger partial charge >= 0.3 is 0 Å². The monoisotopic (exact) mass is 635 g/mol. The highest BCUT2D eigenvalue weighted by Gasteiger charge is 2.19. The van der Waals surface area contributed by atoms with E-state index in [1.807, 2.05) is 42.5 Å². The normalized spacial score (nSPS) is 11.1. The van der Waals surface area contributed by atoms with Crippen LogP contribution in [-0.2, 0) is 0 Å². The molecule has 0 unspecified atom stereocenters. The molecule has 230 valence electrons. The molecule has 5 nitrogen and oxygen atoms in total. The van der Waals surface area contributed by atoms with Crippen molar-refractivity contribution in [3.63, 3.8) is 0 Å². The molecule has 0 radical (unpaired) electrons. The first-order chi connectivity index (χ1) is 24.7. The molecule has 2 aromatic heterocycles. The molecule has 0 N–H and O–H groups in total. The van der Waals surface area contributed by atoms with Crippen molar-refractivity contribution in [3.05, 3.63) is 174 Å². The molecule has 0 atom stereocenters. The van der Waals surface area contributed by atoms with Gasteiger partial charge in [0.2, 0.25) is 0 Å². The quantitative estimate of drug-likeness (QED) is 0.181. The summed E-state index contributed by atoms with van der Waals surface area (Å²) in [6.07, 6.45) is 0. The van der Waals surface area contributed by atoms with Crippen LogP contribution in [-0.4, -0.2) is 9.13 Å². The number of nitrogens with zero attached hydrogens (tertiary/aromatic N) is 5. The Morgan fingerprint density at radius 1 is 0.500 bits per heavy atom. The lowest BCUT2D eigenvalue weighted by atomic mass is 9.98. The molecule has 9 aromatic rings. The molecular weight excluding hydrogens is 611 g/mol. The summed E-state index contributed by atoms with van der Waals surface area (Å²) in [6, 6.07) is 55.8. The van der Waals surface area contributed by atoms with Crippen molar-refractivity contribution in [2.75, 3.05) is 0 Å². The molecule has 5 heteroatoms. The van der Waals surface area contributed by atoms with E-state index in [0.717, 1.165) is 55.4 Å². The van der Waals surface area contributed by atoms with Gasteiger partial charge in [-0.1, -0.05) is 91.0 Å². The molecule has 0 spiro atoms. The molecule has 7 aromatic carbocycles. The summed E-state index contributed by atoms with van der Waals surface area (Å²) >= 11 is 0. The highest BCUT2D eigenvalue weighted by molar-refractivity contribution is 6.13. The number of hydrogen-bond donors (Lipinski definition) is 0. The third kappa shape index (κ3) is 4.38. The topological polar surface area (TPSA) is 61.8 Å². The molecule has 0 amide bonds. The Morgan fingerprint density at radius 2 is 1.12 bits per heavy atom. The van der Waals surface area contributed by atoms with E-state index in [1.165, 1.54) is 21.8 Å². The van der Waals surface area contributed by atoms with Gasteiger partial charge in [0, 0.05) is 38.5 Å². The van der Waals surface area contributed by atoms with Crippen LogP contribution in [0.15, 0.2) is 152 Å². The van der Waals surface area contributed by atoms with Crippen molar-refractivity contribution < 1.29 is 0 Å². The van der Waals surface area contributed by atoms with Crippen molar-refractivity contribution in [3.8, 4) is 45.8 Å². The lowest BCUT2D eigenvalue weighted by Gasteiger charge is -2.15. The lowest BCUT2D eigenvalue weighted by Crippen LogP contribution is -1.97. The van der Waals surface area contributed by atoms with Gasteiger partial charge in [-0.2, -0.15) is 10.5 Å². The largest absolute Gasteiger partial charge is 0.310 e. The van der Waals surface area contributed by atoms with Crippen molar-refractivity contribution in [2.45, 2.75) is 0 Å². The zero-order valence-electron chi connectivity index (χ0n) is 26.7. The third-order valence-electron chi connectivity index (χ3n) is 9.63. The average Bonchev–Trinajstić information content (AvgIpc) is 3.70. The summed E-state index contributed by atoms with van der Waals surface area (Å²) < 4.78 is 4.43. The Labute approximate surface area is 288 Å². The Balaban J connectivity index is 1.14. The van der Waals surface area contributed by atoms with Gasteiger partial charge in [0.25, 0.3) is 0 Å². The summed E-state index contributed by atoms with van der Waals surface area (Å²) in [5, 5.41) is 23.8. The second kappa shape index (κ2) is 11.4. The van der Waals surface area contributed by atoms with E-state index in [4.69, 9.17) is 6.57 Å². The highest BCUT2D eigenvalue weighted by atomic mass is 15.0. The lowest BCUT2D eigenvalue weighted by molar-refractivity contribution is 1.18. The first-order valence-corrected chi connectivity index (χ1v) is 16.3. The summed E-state index contributed by atoms with van der Waals surface area (Å²) in [5.41, 5.74) is 11.8. The fourth-order valence-electron chi connectivity index (χ4n) is 7.36. The van der Waals surface area contributed by atoms with E-state index >= 15 is 0 Å². The molecule has 0 fully saturated rings. The summed E-state index contributed by atoms with van der Waals surface area (Å²) in [4.78, 5) is 3.75. The van der Waals surface area contributed by atoms with Crippen LogP contribution >= 0.6 is 0 Å². The van der Waals surface area contributed by atoms with Crippen LogP contribution in [0.5, 0.6) is 0 Å². The maximum Gasteiger partial charge on any atom is 0.189 e. The van der Waals surface area contributed by atoms with Gasteiger partial charge in [-0.25, -0.2) is 4.85 Å². The summed E-state index contributed by atoms with van der Waals surface area (Å²) in [7, 11) is 0. The molecule has 0 saturated heterocycles. The highest BCUT2D eigenvalue weighted by Crippen LogP contribution is 2.40. The fraction of sp³-hybridized carbons (Fsp3) is 0. The van der Waals surface area contributed by atoms with Crippen molar-refractivity contribution in [1.82, 2.24) is 9.13 Å². The summed E-state index contributed by atoms with van der Waals surface area (Å²) in [5.74, 6) is 0. The number of para-hydroxylation sites is 2. The molecule has 0 aliphatic rings. The van der Waals surface area contributed by atoms with E-state index < -0.39 is 0 Å². The molecule has 2 heterocycles. The number of benzene rings is 7. The van der Waals surface area contributed by atoms with Crippen LogP contribution in [0.25, 0.3) is 82.1 Å². The smallest absolute Gasteiger partial charge is 0.189 e. The van der Waals surface area contributed by atoms with E-state index in [1.54, 1.807) is 12.1 Å². The van der Waals surface area contributed by atoms with Crippen LogP contribution in [0.2, 0.25) is 0 Å². The molecule has 0 aliphatic heterocycles. The number of aromatic nitrogens is 2. The number of rotatable bonds is 4. The van der Waals surface area contributed by atoms with E-state index in [-0.39, 0.29) is 0 Å². The van der Waals surface area contributed by atoms with Crippen molar-refractivity contribution in [2.24, 2.45) is 0 Å². The van der Waals surface area contributed by atoms with Gasteiger partial charge in [-0.15, -0.1) is 0 Å². The third-order valence-corrected chi connectivity index (χ3v) is 9.63. The minimum atomic E-state index is 0.517. The standard InChI is InChI=1S/C45H25N5/c1-48-34-20-23-36(44(26-34)50-42-24-13-29(27-46)25-39(42)45-33(28-47)7-6-12-43(45)50)32-16-14-30(15-17-32)31-18-21-35(22-19-31)49-40-10-4-2-8-37(40)38-9-3-5-11-41(38)49/h2-26H. The van der Waals surface area contributed by atoms with Crippen LogP contribution < -0.4 is 0 Å². The number of hydrogen-bond acceptors (Lipinski definition) is 2. The molecule has 0 aliphatic carbocycles. The van der Waals surface area contributed by atoms with E-state index in [0.29, 0.717) is 16.8 Å². The SMILES string of the molecule is [C-]#[N+]c1ccc(-c2ccc(-c3ccc(-n4c5ccccc5c5ccccc54)cc3)cc2)c(-n2c3ccc(C#N)cc3c3c(C#N)cccc32)c1. The molecular formula is C45H25N5. The zero-order valence-corrected chi connectivity index (χ0v) is 26.7. The molecule has 50 heavy (non-hydrogen) atoms. The maximum atomic E-state index is 10.0. The second-order valence-corrected chi connectivity index (χ2v) is 12.3. The zero-order chi connectivity index (χ0) is 33.8. The Kier molecular flexibility index (Phi) is 6.56. The molecule has 9 rings (SSSR count). The fourth-order valence-corrected chi connectivity index (χ4v) is 7.36. The van der Waals surface area contributed by atoms with Crippen LogP contribution in [0.3, 0.4) is 0 Å². The van der Waals surface area contributed by atoms with Gasteiger partial charge in [-0.05, 0) is 77.4 Å². The predicted octanol–water partition coefficient (Wildman–Crippen LogP) is 11.5. The Morgan fingerprint density at radius 3 is 1.78 bits per heavy atom. The van der Waals surface area contributed by atoms with Crippen LogP contribution in [0, 0.1) is 29.2 Å². The van der Waals surface area contributed by atoms with Crippen molar-refractivity contribution >= 4 is 49.3 Å². The van der Waals surface area contributed by atoms with Gasteiger partial charge in [0.05, 0.1) is 51.9 Å². The van der Waals surface area contributed by atoms with Crippen LogP contribution in [0.4, 0.5) is 5.69 Å². The Bertz CT molecular complexity index is 2890.